The average molecular weight is 448 g/mol. The molecule has 0 saturated heterocycles. The van der Waals surface area contributed by atoms with E-state index in [0.717, 1.165) is 22.5 Å². The van der Waals surface area contributed by atoms with E-state index in [-0.39, 0.29) is 0 Å². The van der Waals surface area contributed by atoms with Crippen LogP contribution in [0.3, 0.4) is 0 Å². The van der Waals surface area contributed by atoms with E-state index >= 15 is 0 Å². The summed E-state index contributed by atoms with van der Waals surface area (Å²) in [5.41, 5.74) is 4.10. The van der Waals surface area contributed by atoms with Gasteiger partial charge in [-0.25, -0.2) is 4.98 Å². The van der Waals surface area contributed by atoms with Crippen LogP contribution in [-0.2, 0) is 0 Å². The molecule has 2 atom stereocenters. The van der Waals surface area contributed by atoms with Crippen LogP contribution in [-0.4, -0.2) is 4.98 Å². The van der Waals surface area contributed by atoms with Crippen LogP contribution in [0, 0.1) is 31.1 Å². The molecule has 2 aromatic rings. The zero-order valence-electron chi connectivity index (χ0n) is 22.9. The highest BCUT2D eigenvalue weighted by Crippen LogP contribution is 2.34. The van der Waals surface area contributed by atoms with Crippen LogP contribution in [0.15, 0.2) is 29.6 Å². The smallest absolute Gasteiger partial charge is 0.123 e. The molecule has 2 unspecified atom stereocenters. The van der Waals surface area contributed by atoms with Crippen molar-refractivity contribution in [2.45, 2.75) is 115 Å². The number of hydrogen-bond donors (Lipinski definition) is 0. The topological polar surface area (TPSA) is 12.9 Å². The summed E-state index contributed by atoms with van der Waals surface area (Å²) in [7, 11) is 0. The van der Waals surface area contributed by atoms with Crippen molar-refractivity contribution in [1.82, 2.24) is 4.98 Å². The predicted octanol–water partition coefficient (Wildman–Crippen LogP) is 10.8. The second-order valence-electron chi connectivity index (χ2n) is 9.10. The number of thiazole rings is 1. The molecule has 0 fully saturated rings. The van der Waals surface area contributed by atoms with Crippen LogP contribution in [0.4, 0.5) is 0 Å². The van der Waals surface area contributed by atoms with E-state index in [1.165, 1.54) is 43.2 Å². The van der Waals surface area contributed by atoms with Crippen molar-refractivity contribution in [1.29, 1.82) is 0 Å². The summed E-state index contributed by atoms with van der Waals surface area (Å²) in [6.07, 6.45) is 6.91. The lowest BCUT2D eigenvalue weighted by Gasteiger charge is -2.31. The summed E-state index contributed by atoms with van der Waals surface area (Å²) in [6, 6.07) is 8.47. The van der Waals surface area contributed by atoms with E-state index in [1.54, 1.807) is 11.3 Å². The average Bonchev–Trinajstić information content (AvgIpc) is 3.20. The molecular formula is C29H53NS. The van der Waals surface area contributed by atoms with Gasteiger partial charge in [0.1, 0.15) is 5.01 Å². The normalized spacial score (nSPS) is 12.3. The first-order valence-electron chi connectivity index (χ1n) is 12.7. The van der Waals surface area contributed by atoms with Gasteiger partial charge >= 0.3 is 0 Å². The molecule has 1 aromatic carbocycles. The molecule has 0 spiro atoms. The second-order valence-corrected chi connectivity index (χ2v) is 9.96. The summed E-state index contributed by atoms with van der Waals surface area (Å²) < 4.78 is 0. The van der Waals surface area contributed by atoms with E-state index < -0.39 is 0 Å². The molecular weight excluding hydrogens is 394 g/mol. The van der Waals surface area contributed by atoms with Crippen molar-refractivity contribution in [2.75, 3.05) is 0 Å². The molecule has 0 radical (unpaired) electrons. The number of nitrogens with zero attached hydrogens (tertiary/aromatic N) is 1. The summed E-state index contributed by atoms with van der Waals surface area (Å²) in [4.78, 5) is 4.43. The molecule has 0 aliphatic rings. The van der Waals surface area contributed by atoms with Crippen molar-refractivity contribution in [3.8, 4) is 10.6 Å². The Morgan fingerprint density at radius 3 is 1.81 bits per heavy atom. The molecule has 0 bridgehead atoms. The van der Waals surface area contributed by atoms with Crippen LogP contribution in [0.25, 0.3) is 10.6 Å². The molecule has 1 heterocycles. The van der Waals surface area contributed by atoms with Crippen LogP contribution in [0.1, 0.15) is 113 Å². The molecule has 2 rings (SSSR count). The first-order valence-corrected chi connectivity index (χ1v) is 13.5. The van der Waals surface area contributed by atoms with E-state index in [0.29, 0.717) is 5.41 Å². The van der Waals surface area contributed by atoms with Gasteiger partial charge in [-0.15, -0.1) is 11.3 Å². The fraction of sp³-hybridized carbons (Fsp3) is 0.690. The van der Waals surface area contributed by atoms with Gasteiger partial charge in [0.25, 0.3) is 0 Å². The molecule has 2 heteroatoms. The van der Waals surface area contributed by atoms with Gasteiger partial charge in [-0.3, -0.25) is 0 Å². The summed E-state index contributed by atoms with van der Waals surface area (Å²) in [5.74, 6) is 1.83. The maximum atomic E-state index is 4.43. The maximum absolute atomic E-state index is 4.43. The van der Waals surface area contributed by atoms with Gasteiger partial charge in [0, 0.05) is 16.6 Å². The Labute approximate surface area is 200 Å². The molecule has 0 amide bonds. The monoisotopic (exact) mass is 447 g/mol. The van der Waals surface area contributed by atoms with E-state index in [1.807, 2.05) is 34.6 Å². The van der Waals surface area contributed by atoms with Crippen molar-refractivity contribution in [3.63, 3.8) is 0 Å². The summed E-state index contributed by atoms with van der Waals surface area (Å²) in [6.45, 7) is 26.3. The van der Waals surface area contributed by atoms with Gasteiger partial charge in [0.15, 0.2) is 0 Å². The van der Waals surface area contributed by atoms with E-state index in [9.17, 15) is 0 Å². The molecule has 0 aliphatic carbocycles. The molecule has 0 aliphatic heterocycles. The predicted molar refractivity (Wildman–Crippen MR) is 146 cm³/mol. The molecule has 0 saturated carbocycles. The van der Waals surface area contributed by atoms with Crippen LogP contribution in [0.2, 0.25) is 0 Å². The van der Waals surface area contributed by atoms with E-state index in [2.05, 4.69) is 83.1 Å². The fourth-order valence-corrected chi connectivity index (χ4v) is 4.04. The number of benzene rings is 1. The highest BCUT2D eigenvalue weighted by Gasteiger charge is 2.23. The summed E-state index contributed by atoms with van der Waals surface area (Å²) in [5, 5.41) is 3.19. The Hall–Kier alpha value is -1.15. The van der Waals surface area contributed by atoms with E-state index in [4.69, 9.17) is 0 Å². The van der Waals surface area contributed by atoms with Crippen molar-refractivity contribution in [3.05, 3.63) is 40.9 Å². The summed E-state index contributed by atoms with van der Waals surface area (Å²) >= 11 is 1.70. The van der Waals surface area contributed by atoms with Crippen LogP contribution < -0.4 is 0 Å². The SMILES string of the molecule is CC.CC.CCCC(CCC(C)CC)C(C)(C)C.Cc1ccc(-c2nc(C)cs2)cc1. The lowest BCUT2D eigenvalue weighted by atomic mass is 9.74. The largest absolute Gasteiger partial charge is 0.241 e. The van der Waals surface area contributed by atoms with Gasteiger partial charge < -0.3 is 0 Å². The number of hydrogen-bond acceptors (Lipinski definition) is 2. The first-order chi connectivity index (χ1) is 14.7. The molecule has 1 nitrogen and oxygen atoms in total. The van der Waals surface area contributed by atoms with Gasteiger partial charge in [0.05, 0.1) is 0 Å². The third-order valence-corrected chi connectivity index (χ3v) is 6.49. The Bertz CT molecular complexity index is 634. The Kier molecular flexibility index (Phi) is 19.0. The number of aryl methyl sites for hydroxylation is 2. The Balaban J connectivity index is 0. The highest BCUT2D eigenvalue weighted by atomic mass is 32.1. The molecule has 31 heavy (non-hydrogen) atoms. The molecule has 1 aromatic heterocycles. The molecule has 0 N–H and O–H groups in total. The van der Waals surface area contributed by atoms with Crippen molar-refractivity contribution >= 4 is 11.3 Å². The lowest BCUT2D eigenvalue weighted by molar-refractivity contribution is 0.197. The number of rotatable bonds is 7. The minimum Gasteiger partial charge on any atom is -0.241 e. The maximum Gasteiger partial charge on any atom is 0.123 e. The van der Waals surface area contributed by atoms with Crippen molar-refractivity contribution in [2.24, 2.45) is 17.3 Å². The Morgan fingerprint density at radius 2 is 1.42 bits per heavy atom. The van der Waals surface area contributed by atoms with Gasteiger partial charge in [0.2, 0.25) is 0 Å². The van der Waals surface area contributed by atoms with Crippen molar-refractivity contribution < 1.29 is 0 Å². The standard InChI is InChI=1S/C14H30.C11H11NS.2C2H6/c1-7-9-13(14(4,5)6)11-10-12(3)8-2;1-8-3-5-10(6-4-8)11-12-9(2)7-13-11;2*1-2/h12-13H,7-11H2,1-6H3;3-7H,1-2H3;2*1-2H3. The third-order valence-electron chi connectivity index (χ3n) is 5.48. The van der Waals surface area contributed by atoms with Gasteiger partial charge in [-0.05, 0) is 37.5 Å². The Morgan fingerprint density at radius 1 is 0.871 bits per heavy atom. The third kappa shape index (κ3) is 14.5. The minimum absolute atomic E-state index is 0.503. The molecule has 180 valence electrons. The van der Waals surface area contributed by atoms with Crippen LogP contribution in [0.5, 0.6) is 0 Å². The first kappa shape index (κ1) is 32.0. The zero-order valence-corrected chi connectivity index (χ0v) is 23.7. The van der Waals surface area contributed by atoms with Crippen LogP contribution >= 0.6 is 11.3 Å². The zero-order chi connectivity index (χ0) is 24.4. The lowest BCUT2D eigenvalue weighted by Crippen LogP contribution is -2.21. The highest BCUT2D eigenvalue weighted by molar-refractivity contribution is 7.13. The second kappa shape index (κ2) is 18.4. The van der Waals surface area contributed by atoms with Gasteiger partial charge in [-0.2, -0.15) is 0 Å². The number of aromatic nitrogens is 1. The minimum atomic E-state index is 0.503. The fourth-order valence-electron chi connectivity index (χ4n) is 3.23. The van der Waals surface area contributed by atoms with Gasteiger partial charge in [-0.1, -0.05) is 125 Å². The quantitative estimate of drug-likeness (QED) is 0.411.